The molecule has 0 aliphatic rings. The van der Waals surface area contributed by atoms with Crippen LogP contribution in [0.25, 0.3) is 0 Å². The minimum Gasteiger partial charge on any atom is -0.459 e. The molecule has 0 amide bonds. The molecule has 1 atom stereocenters. The summed E-state index contributed by atoms with van der Waals surface area (Å²) in [6.45, 7) is 4.88. The lowest BCUT2D eigenvalue weighted by atomic mass is 10.0. The molecule has 0 spiro atoms. The van der Waals surface area contributed by atoms with Gasteiger partial charge in [-0.15, -0.1) is 0 Å². The van der Waals surface area contributed by atoms with E-state index in [4.69, 9.17) is 10.5 Å². The first-order chi connectivity index (χ1) is 9.42. The third-order valence-corrected chi connectivity index (χ3v) is 2.53. The summed E-state index contributed by atoms with van der Waals surface area (Å²) in [4.78, 5) is 11.7. The van der Waals surface area contributed by atoms with Gasteiger partial charge in [0.25, 0.3) is 0 Å². The average Bonchev–Trinajstić information content (AvgIpc) is 2.27. The Balaban J connectivity index is 2.92. The lowest BCUT2D eigenvalue weighted by molar-refractivity contribution is -0.156. The van der Waals surface area contributed by atoms with E-state index in [0.29, 0.717) is 6.07 Å². The number of carbonyl (C=O) groups excluding carboxylic acids is 1. The first-order valence-electron chi connectivity index (χ1n) is 6.25. The lowest BCUT2D eigenvalue weighted by Crippen LogP contribution is -2.39. The van der Waals surface area contributed by atoms with Crippen molar-refractivity contribution in [3.63, 3.8) is 0 Å². The number of hydrogen-bond donors (Lipinski definition) is 1. The van der Waals surface area contributed by atoms with E-state index in [-0.39, 0.29) is 12.0 Å². The van der Waals surface area contributed by atoms with Crippen LogP contribution >= 0.6 is 0 Å². The van der Waals surface area contributed by atoms with E-state index in [1.165, 1.54) is 0 Å². The van der Waals surface area contributed by atoms with Crippen LogP contribution in [0.2, 0.25) is 0 Å². The van der Waals surface area contributed by atoms with Crippen LogP contribution in [0.3, 0.4) is 0 Å². The van der Waals surface area contributed by atoms with Crippen LogP contribution in [0.15, 0.2) is 18.2 Å². The molecule has 118 valence electrons. The molecule has 3 nitrogen and oxygen atoms in total. The Bertz CT molecular complexity index is 521. The largest absolute Gasteiger partial charge is 0.459 e. The van der Waals surface area contributed by atoms with Crippen molar-refractivity contribution in [1.29, 1.82) is 0 Å². The predicted molar refractivity (Wildman–Crippen MR) is 68.9 cm³/mol. The minimum atomic E-state index is -4.80. The maximum Gasteiger partial charge on any atom is 0.419 e. The summed E-state index contributed by atoms with van der Waals surface area (Å²) in [6, 6.07) is 1.64. The summed E-state index contributed by atoms with van der Waals surface area (Å²) < 4.78 is 56.6. The molecule has 0 bridgehead atoms. The van der Waals surface area contributed by atoms with Crippen LogP contribution in [0.4, 0.5) is 17.6 Å². The zero-order chi connectivity index (χ0) is 16.4. The predicted octanol–water partition coefficient (Wildman–Crippen LogP) is 3.06. The highest BCUT2D eigenvalue weighted by Gasteiger charge is 2.35. The van der Waals surface area contributed by atoms with E-state index >= 15 is 0 Å². The number of ether oxygens (including phenoxy) is 1. The average molecular weight is 307 g/mol. The number of esters is 1. The summed E-state index contributed by atoms with van der Waals surface area (Å²) in [5.74, 6) is -2.21. The van der Waals surface area contributed by atoms with E-state index < -0.39 is 35.2 Å². The summed E-state index contributed by atoms with van der Waals surface area (Å²) >= 11 is 0. The first-order valence-corrected chi connectivity index (χ1v) is 6.25. The number of rotatable bonds is 3. The molecule has 0 fully saturated rings. The molecule has 0 saturated heterocycles. The Morgan fingerprint density at radius 3 is 2.33 bits per heavy atom. The molecule has 21 heavy (non-hydrogen) atoms. The topological polar surface area (TPSA) is 52.3 Å². The molecular formula is C14H17F4NO2. The zero-order valence-electron chi connectivity index (χ0n) is 11.9. The molecule has 2 N–H and O–H groups in total. The Morgan fingerprint density at radius 1 is 1.29 bits per heavy atom. The minimum absolute atomic E-state index is 0.275. The number of carbonyl (C=O) groups is 1. The van der Waals surface area contributed by atoms with Crippen molar-refractivity contribution < 1.29 is 27.1 Å². The maximum absolute atomic E-state index is 13.8. The van der Waals surface area contributed by atoms with Gasteiger partial charge in [-0.1, -0.05) is 12.1 Å². The third kappa shape index (κ3) is 5.00. The molecule has 0 aliphatic heterocycles. The fourth-order valence-corrected chi connectivity index (χ4v) is 1.65. The van der Waals surface area contributed by atoms with Crippen molar-refractivity contribution in [2.75, 3.05) is 0 Å². The highest BCUT2D eigenvalue weighted by molar-refractivity contribution is 5.76. The molecule has 1 aromatic rings. The van der Waals surface area contributed by atoms with Crippen LogP contribution in [0, 0.1) is 5.82 Å². The van der Waals surface area contributed by atoms with Gasteiger partial charge < -0.3 is 10.5 Å². The number of halogens is 4. The summed E-state index contributed by atoms with van der Waals surface area (Å²) in [7, 11) is 0. The van der Waals surface area contributed by atoms with Crippen LogP contribution < -0.4 is 5.73 Å². The fourth-order valence-electron chi connectivity index (χ4n) is 1.65. The Kier molecular flexibility index (Phi) is 4.99. The second kappa shape index (κ2) is 6.01. The molecule has 0 saturated carbocycles. The highest BCUT2D eigenvalue weighted by atomic mass is 19.4. The maximum atomic E-state index is 13.8. The Morgan fingerprint density at radius 2 is 1.86 bits per heavy atom. The number of benzene rings is 1. The van der Waals surface area contributed by atoms with Crippen molar-refractivity contribution in [2.45, 2.75) is 45.0 Å². The van der Waals surface area contributed by atoms with Gasteiger partial charge in [0.2, 0.25) is 0 Å². The van der Waals surface area contributed by atoms with Crippen molar-refractivity contribution >= 4 is 5.97 Å². The molecule has 0 heterocycles. The van der Waals surface area contributed by atoms with Crippen molar-refractivity contribution in [2.24, 2.45) is 5.73 Å². The first kappa shape index (κ1) is 17.4. The van der Waals surface area contributed by atoms with Crippen LogP contribution in [-0.2, 0) is 22.1 Å². The summed E-state index contributed by atoms with van der Waals surface area (Å²) in [6.07, 6.45) is -5.17. The van der Waals surface area contributed by atoms with Gasteiger partial charge in [0.15, 0.2) is 0 Å². The molecule has 0 aliphatic carbocycles. The monoisotopic (exact) mass is 307 g/mol. The lowest BCUT2D eigenvalue weighted by Gasteiger charge is -2.22. The molecule has 0 radical (unpaired) electrons. The van der Waals surface area contributed by atoms with E-state index in [1.807, 2.05) is 0 Å². The van der Waals surface area contributed by atoms with Gasteiger partial charge in [0.05, 0.1) is 5.56 Å². The SMILES string of the molecule is CC(C)(C)OC(=O)C(N)Cc1cccc(C(F)(F)F)c1F. The molecule has 7 heteroatoms. The number of nitrogens with two attached hydrogens (primary N) is 1. The van der Waals surface area contributed by atoms with Crippen LogP contribution in [0.1, 0.15) is 31.9 Å². The molecule has 1 aromatic carbocycles. The van der Waals surface area contributed by atoms with E-state index in [0.717, 1.165) is 12.1 Å². The molecule has 1 unspecified atom stereocenters. The van der Waals surface area contributed by atoms with Gasteiger partial charge in [0, 0.05) is 6.42 Å². The molecular weight excluding hydrogens is 290 g/mol. The standard InChI is InChI=1S/C14H17F4NO2/c1-13(2,3)21-12(20)10(19)7-8-5-4-6-9(11(8)15)14(16,17)18/h4-6,10H,7,19H2,1-3H3. The van der Waals surface area contributed by atoms with E-state index in [9.17, 15) is 22.4 Å². The Labute approximate surface area is 120 Å². The number of hydrogen-bond acceptors (Lipinski definition) is 3. The second-order valence-electron chi connectivity index (χ2n) is 5.62. The summed E-state index contributed by atoms with van der Waals surface area (Å²) in [5, 5.41) is 0. The van der Waals surface area contributed by atoms with Crippen LogP contribution in [0.5, 0.6) is 0 Å². The van der Waals surface area contributed by atoms with Crippen molar-refractivity contribution in [3.8, 4) is 0 Å². The highest BCUT2D eigenvalue weighted by Crippen LogP contribution is 2.32. The van der Waals surface area contributed by atoms with Gasteiger partial charge >= 0.3 is 12.1 Å². The smallest absolute Gasteiger partial charge is 0.419 e. The number of alkyl halides is 3. The zero-order valence-corrected chi connectivity index (χ0v) is 11.9. The van der Waals surface area contributed by atoms with Gasteiger partial charge in [-0.2, -0.15) is 13.2 Å². The van der Waals surface area contributed by atoms with Gasteiger partial charge in [-0.25, -0.2) is 4.39 Å². The van der Waals surface area contributed by atoms with Gasteiger partial charge in [-0.05, 0) is 32.4 Å². The van der Waals surface area contributed by atoms with Gasteiger partial charge in [0.1, 0.15) is 17.5 Å². The molecule has 1 rings (SSSR count). The normalized spacial score (nSPS) is 13.9. The summed E-state index contributed by atoms with van der Waals surface area (Å²) in [5.41, 5.74) is 3.13. The van der Waals surface area contributed by atoms with E-state index in [1.54, 1.807) is 20.8 Å². The van der Waals surface area contributed by atoms with Crippen molar-refractivity contribution in [1.82, 2.24) is 0 Å². The second-order valence-corrected chi connectivity index (χ2v) is 5.62. The van der Waals surface area contributed by atoms with Gasteiger partial charge in [-0.3, -0.25) is 4.79 Å². The van der Waals surface area contributed by atoms with Crippen molar-refractivity contribution in [3.05, 3.63) is 35.1 Å². The van der Waals surface area contributed by atoms with E-state index in [2.05, 4.69) is 0 Å². The Hall–Kier alpha value is -1.63. The molecule has 0 aromatic heterocycles. The van der Waals surface area contributed by atoms with Crippen LogP contribution in [-0.4, -0.2) is 17.6 Å². The quantitative estimate of drug-likeness (QED) is 0.690. The fraction of sp³-hybridized carbons (Fsp3) is 0.500. The third-order valence-electron chi connectivity index (χ3n) is 2.53.